The molecule has 1 heterocycles. The summed E-state index contributed by atoms with van der Waals surface area (Å²) in [6.45, 7) is 5.47. The molecular formula is C13H19N3. The standard InChI is InChI=1S/C13H19N3/c1-10(2)9-15(3)13-14-11-7-5-6-8-12(11)16(13)4/h5-8,10H,9H2,1-4H3. The van der Waals surface area contributed by atoms with Crippen LogP contribution in [0.1, 0.15) is 13.8 Å². The first kappa shape index (κ1) is 11.0. The number of nitrogens with zero attached hydrogens (tertiary/aromatic N) is 3. The van der Waals surface area contributed by atoms with Crippen molar-refractivity contribution in [3.8, 4) is 0 Å². The van der Waals surface area contributed by atoms with Gasteiger partial charge < -0.3 is 9.47 Å². The molecule has 0 spiro atoms. The van der Waals surface area contributed by atoms with Crippen molar-refractivity contribution in [2.75, 3.05) is 18.5 Å². The van der Waals surface area contributed by atoms with E-state index in [0.29, 0.717) is 5.92 Å². The fourth-order valence-corrected chi connectivity index (χ4v) is 2.10. The maximum atomic E-state index is 4.65. The molecule has 0 aliphatic rings. The van der Waals surface area contributed by atoms with Gasteiger partial charge in [-0.2, -0.15) is 0 Å². The minimum Gasteiger partial charge on any atom is -0.345 e. The molecule has 1 aromatic heterocycles. The number of para-hydroxylation sites is 2. The first-order valence-electron chi connectivity index (χ1n) is 5.72. The molecule has 3 nitrogen and oxygen atoms in total. The number of benzene rings is 1. The van der Waals surface area contributed by atoms with Gasteiger partial charge in [-0.05, 0) is 18.1 Å². The molecule has 0 aliphatic carbocycles. The monoisotopic (exact) mass is 217 g/mol. The Morgan fingerprint density at radius 2 is 2.00 bits per heavy atom. The van der Waals surface area contributed by atoms with Crippen molar-refractivity contribution in [2.24, 2.45) is 13.0 Å². The number of anilines is 1. The van der Waals surface area contributed by atoms with E-state index in [1.54, 1.807) is 0 Å². The van der Waals surface area contributed by atoms with E-state index in [9.17, 15) is 0 Å². The zero-order valence-electron chi connectivity index (χ0n) is 10.4. The van der Waals surface area contributed by atoms with E-state index < -0.39 is 0 Å². The number of fused-ring (bicyclic) bond motifs is 1. The fraction of sp³-hybridized carbons (Fsp3) is 0.462. The predicted octanol–water partition coefficient (Wildman–Crippen LogP) is 2.67. The SMILES string of the molecule is CC(C)CN(C)c1nc2ccccc2n1C. The summed E-state index contributed by atoms with van der Waals surface area (Å²) in [5, 5.41) is 0. The topological polar surface area (TPSA) is 21.1 Å². The van der Waals surface area contributed by atoms with Crippen LogP contribution in [0, 0.1) is 5.92 Å². The summed E-state index contributed by atoms with van der Waals surface area (Å²) < 4.78 is 2.15. The molecule has 0 radical (unpaired) electrons. The highest BCUT2D eigenvalue weighted by Crippen LogP contribution is 2.20. The quantitative estimate of drug-likeness (QED) is 0.788. The predicted molar refractivity (Wildman–Crippen MR) is 68.8 cm³/mol. The van der Waals surface area contributed by atoms with E-state index in [1.165, 1.54) is 5.52 Å². The van der Waals surface area contributed by atoms with Crippen LogP contribution < -0.4 is 4.90 Å². The average molecular weight is 217 g/mol. The molecule has 3 heteroatoms. The lowest BCUT2D eigenvalue weighted by molar-refractivity contribution is 0.625. The number of imidazole rings is 1. The van der Waals surface area contributed by atoms with E-state index in [0.717, 1.165) is 18.0 Å². The zero-order chi connectivity index (χ0) is 11.7. The molecule has 2 aromatic rings. The molecular weight excluding hydrogens is 198 g/mol. The second-order valence-electron chi connectivity index (χ2n) is 4.73. The van der Waals surface area contributed by atoms with Crippen LogP contribution in [0.4, 0.5) is 5.95 Å². The molecule has 0 atom stereocenters. The molecule has 0 aliphatic heterocycles. The van der Waals surface area contributed by atoms with Crippen LogP contribution in [-0.4, -0.2) is 23.1 Å². The van der Waals surface area contributed by atoms with Gasteiger partial charge in [-0.25, -0.2) is 4.98 Å². The Labute approximate surface area is 96.7 Å². The van der Waals surface area contributed by atoms with E-state index in [1.807, 2.05) is 6.07 Å². The van der Waals surface area contributed by atoms with Gasteiger partial charge in [-0.1, -0.05) is 26.0 Å². The van der Waals surface area contributed by atoms with Crippen LogP contribution in [-0.2, 0) is 7.05 Å². The van der Waals surface area contributed by atoms with Crippen molar-refractivity contribution in [1.29, 1.82) is 0 Å². The van der Waals surface area contributed by atoms with Crippen molar-refractivity contribution in [3.05, 3.63) is 24.3 Å². The van der Waals surface area contributed by atoms with Crippen molar-refractivity contribution >= 4 is 17.0 Å². The van der Waals surface area contributed by atoms with Crippen molar-refractivity contribution in [2.45, 2.75) is 13.8 Å². The van der Waals surface area contributed by atoms with E-state index in [-0.39, 0.29) is 0 Å². The first-order chi connectivity index (χ1) is 7.59. The van der Waals surface area contributed by atoms with E-state index in [4.69, 9.17) is 0 Å². The highest BCUT2D eigenvalue weighted by atomic mass is 15.3. The summed E-state index contributed by atoms with van der Waals surface area (Å²) in [7, 11) is 4.17. The number of hydrogen-bond donors (Lipinski definition) is 0. The van der Waals surface area contributed by atoms with Crippen LogP contribution in [0.2, 0.25) is 0 Å². The molecule has 0 saturated heterocycles. The van der Waals surface area contributed by atoms with Crippen molar-refractivity contribution < 1.29 is 0 Å². The molecule has 16 heavy (non-hydrogen) atoms. The molecule has 0 N–H and O–H groups in total. The maximum Gasteiger partial charge on any atom is 0.206 e. The number of aromatic nitrogens is 2. The summed E-state index contributed by atoms with van der Waals surface area (Å²) in [5.74, 6) is 1.68. The van der Waals surface area contributed by atoms with Gasteiger partial charge in [0, 0.05) is 20.6 Å². The Bertz CT molecular complexity index is 485. The highest BCUT2D eigenvalue weighted by molar-refractivity contribution is 5.78. The van der Waals surface area contributed by atoms with Gasteiger partial charge in [0.1, 0.15) is 0 Å². The fourth-order valence-electron chi connectivity index (χ4n) is 2.10. The Morgan fingerprint density at radius 1 is 1.31 bits per heavy atom. The molecule has 1 aromatic carbocycles. The minimum absolute atomic E-state index is 0.643. The number of hydrogen-bond acceptors (Lipinski definition) is 2. The summed E-state index contributed by atoms with van der Waals surface area (Å²) in [5.41, 5.74) is 2.25. The lowest BCUT2D eigenvalue weighted by atomic mass is 10.2. The number of rotatable bonds is 3. The van der Waals surface area contributed by atoms with Crippen LogP contribution in [0.25, 0.3) is 11.0 Å². The van der Waals surface area contributed by atoms with Crippen LogP contribution >= 0.6 is 0 Å². The second kappa shape index (κ2) is 4.16. The molecule has 0 bridgehead atoms. The molecule has 0 amide bonds. The lowest BCUT2D eigenvalue weighted by Crippen LogP contribution is -2.25. The third kappa shape index (κ3) is 1.90. The second-order valence-corrected chi connectivity index (χ2v) is 4.73. The van der Waals surface area contributed by atoms with Gasteiger partial charge in [-0.3, -0.25) is 0 Å². The normalized spacial score (nSPS) is 11.3. The summed E-state index contributed by atoms with van der Waals surface area (Å²) in [6, 6.07) is 8.24. The molecule has 0 unspecified atom stereocenters. The van der Waals surface area contributed by atoms with Gasteiger partial charge in [0.15, 0.2) is 0 Å². The Kier molecular flexibility index (Phi) is 2.86. The van der Waals surface area contributed by atoms with Crippen LogP contribution in [0.3, 0.4) is 0 Å². The lowest BCUT2D eigenvalue weighted by Gasteiger charge is -2.20. The van der Waals surface area contributed by atoms with Crippen LogP contribution in [0.15, 0.2) is 24.3 Å². The van der Waals surface area contributed by atoms with E-state index >= 15 is 0 Å². The third-order valence-corrected chi connectivity index (χ3v) is 2.74. The molecule has 2 rings (SSSR count). The molecule has 86 valence electrons. The Morgan fingerprint density at radius 3 is 2.62 bits per heavy atom. The first-order valence-corrected chi connectivity index (χ1v) is 5.72. The summed E-state index contributed by atoms with van der Waals surface area (Å²) >= 11 is 0. The van der Waals surface area contributed by atoms with Gasteiger partial charge in [-0.15, -0.1) is 0 Å². The Balaban J connectivity index is 2.41. The maximum absolute atomic E-state index is 4.65. The largest absolute Gasteiger partial charge is 0.345 e. The summed E-state index contributed by atoms with van der Waals surface area (Å²) in [4.78, 5) is 6.87. The van der Waals surface area contributed by atoms with Crippen molar-refractivity contribution in [3.63, 3.8) is 0 Å². The smallest absolute Gasteiger partial charge is 0.206 e. The van der Waals surface area contributed by atoms with Gasteiger partial charge in [0.2, 0.25) is 5.95 Å². The third-order valence-electron chi connectivity index (χ3n) is 2.74. The average Bonchev–Trinajstić information content (AvgIpc) is 2.56. The molecule has 0 fully saturated rings. The zero-order valence-corrected chi connectivity index (χ0v) is 10.4. The Hall–Kier alpha value is -1.51. The van der Waals surface area contributed by atoms with Gasteiger partial charge in [0.25, 0.3) is 0 Å². The summed E-state index contributed by atoms with van der Waals surface area (Å²) in [6.07, 6.45) is 0. The minimum atomic E-state index is 0.643. The molecule has 0 saturated carbocycles. The van der Waals surface area contributed by atoms with E-state index in [2.05, 4.69) is 60.6 Å². The van der Waals surface area contributed by atoms with Gasteiger partial charge in [0.05, 0.1) is 11.0 Å². The number of aryl methyl sites for hydroxylation is 1. The van der Waals surface area contributed by atoms with Gasteiger partial charge >= 0.3 is 0 Å². The van der Waals surface area contributed by atoms with Crippen molar-refractivity contribution in [1.82, 2.24) is 9.55 Å². The highest BCUT2D eigenvalue weighted by Gasteiger charge is 2.11. The van der Waals surface area contributed by atoms with Crippen LogP contribution in [0.5, 0.6) is 0 Å².